The van der Waals surface area contributed by atoms with Crippen molar-refractivity contribution in [1.29, 1.82) is 0 Å². The first-order valence-electron chi connectivity index (χ1n) is 14.5. The number of carboxylic acid groups (broad SMARTS) is 1. The van der Waals surface area contributed by atoms with E-state index in [1.807, 2.05) is 37.3 Å². The molecule has 5 rings (SSSR count). The largest absolute Gasteiger partial charge is 0.493 e. The number of benzene rings is 4. The van der Waals surface area contributed by atoms with Gasteiger partial charge in [-0.25, -0.2) is 18.2 Å². The lowest BCUT2D eigenvalue weighted by molar-refractivity contribution is -0.137. The molecule has 236 valence electrons. The van der Waals surface area contributed by atoms with Gasteiger partial charge in [-0.3, -0.25) is 9.52 Å². The number of carbonyl (C=O) groups excluding carboxylic acids is 1. The molecule has 0 radical (unpaired) electrons. The number of nitrogens with zero attached hydrogens (tertiary/aromatic N) is 1. The molecule has 0 spiro atoms. The molecule has 0 aliphatic rings. The minimum atomic E-state index is -3.53. The molecule has 0 saturated carbocycles. The number of hydrogen-bond acceptors (Lipinski definition) is 8. The molecule has 0 saturated heterocycles. The molecule has 1 atom stereocenters. The quantitative estimate of drug-likeness (QED) is 0.125. The van der Waals surface area contributed by atoms with E-state index in [0.717, 1.165) is 28.8 Å². The second-order valence-corrected chi connectivity index (χ2v) is 12.4. The van der Waals surface area contributed by atoms with Gasteiger partial charge in [0.15, 0.2) is 5.78 Å². The molecule has 1 unspecified atom stereocenters. The molecule has 46 heavy (non-hydrogen) atoms. The molecule has 5 aromatic rings. The Morgan fingerprint density at radius 3 is 2.37 bits per heavy atom. The number of aryl methyl sites for hydroxylation is 1. The van der Waals surface area contributed by atoms with Crippen molar-refractivity contribution in [2.75, 3.05) is 22.9 Å². The van der Waals surface area contributed by atoms with Crippen molar-refractivity contribution < 1.29 is 32.3 Å². The zero-order chi connectivity index (χ0) is 32.7. The maximum Gasteiger partial charge on any atom is 0.326 e. The van der Waals surface area contributed by atoms with Crippen molar-refractivity contribution in [3.05, 3.63) is 131 Å². The van der Waals surface area contributed by atoms with Crippen LogP contribution in [0.3, 0.4) is 0 Å². The molecule has 3 N–H and O–H groups in total. The summed E-state index contributed by atoms with van der Waals surface area (Å²) in [6.45, 7) is 2.26. The Morgan fingerprint density at radius 1 is 0.935 bits per heavy atom. The summed E-state index contributed by atoms with van der Waals surface area (Å²) in [6.07, 6.45) is 1.73. The van der Waals surface area contributed by atoms with Crippen molar-refractivity contribution in [3.8, 4) is 17.2 Å². The number of nitrogens with one attached hydrogen (secondary N) is 2. The first-order chi connectivity index (χ1) is 22.1. The molecular weight excluding hydrogens is 606 g/mol. The Balaban J connectivity index is 1.21. The van der Waals surface area contributed by atoms with Gasteiger partial charge in [0.05, 0.1) is 18.6 Å². The third-order valence-corrected chi connectivity index (χ3v) is 7.72. The predicted octanol–water partition coefficient (Wildman–Crippen LogP) is 5.98. The summed E-state index contributed by atoms with van der Waals surface area (Å²) in [6, 6.07) is 28.6. The second-order valence-electron chi connectivity index (χ2n) is 10.7. The van der Waals surface area contributed by atoms with Crippen LogP contribution in [0.5, 0.6) is 5.75 Å². The summed E-state index contributed by atoms with van der Waals surface area (Å²) in [5, 5.41) is 13.0. The minimum absolute atomic E-state index is 0.145. The Bertz CT molecular complexity index is 1940. The smallest absolute Gasteiger partial charge is 0.326 e. The van der Waals surface area contributed by atoms with Crippen LogP contribution in [-0.4, -0.2) is 49.2 Å². The summed E-state index contributed by atoms with van der Waals surface area (Å²) < 4.78 is 37.4. The molecular formula is C35H33N3O7S. The third kappa shape index (κ3) is 8.39. The van der Waals surface area contributed by atoms with Crippen LogP contribution < -0.4 is 14.8 Å². The van der Waals surface area contributed by atoms with Crippen molar-refractivity contribution in [2.45, 2.75) is 25.8 Å². The molecule has 11 heteroatoms. The fraction of sp³-hybridized carbons (Fsp3) is 0.171. The van der Waals surface area contributed by atoms with E-state index in [9.17, 15) is 23.1 Å². The predicted molar refractivity (Wildman–Crippen MR) is 176 cm³/mol. The van der Waals surface area contributed by atoms with Gasteiger partial charge in [-0.1, -0.05) is 54.6 Å². The van der Waals surface area contributed by atoms with E-state index < -0.39 is 22.0 Å². The highest BCUT2D eigenvalue weighted by Crippen LogP contribution is 2.24. The standard InChI is InChI=1S/C35H33N3O7S/c1-23-30(37-34(45-23)25-9-4-3-5-10-25)19-20-44-28-17-15-24(16-18-28)21-32(35(40)41)36-31-14-7-6-13-29(31)33(39)26-11-8-12-27(22-26)38-46(2,42)43/h3-18,22,32,36,38H,19-21H2,1-2H3,(H,40,41). The van der Waals surface area contributed by atoms with Crippen LogP contribution in [0.4, 0.5) is 11.4 Å². The molecule has 1 heterocycles. The summed E-state index contributed by atoms with van der Waals surface area (Å²) in [5.74, 6) is 0.479. The van der Waals surface area contributed by atoms with E-state index in [2.05, 4.69) is 15.0 Å². The average molecular weight is 640 g/mol. The zero-order valence-electron chi connectivity index (χ0n) is 25.3. The highest BCUT2D eigenvalue weighted by molar-refractivity contribution is 7.92. The molecule has 4 aromatic carbocycles. The van der Waals surface area contributed by atoms with Gasteiger partial charge in [-0.05, 0) is 61.0 Å². The number of aromatic nitrogens is 1. The first-order valence-corrected chi connectivity index (χ1v) is 16.4. The van der Waals surface area contributed by atoms with Crippen LogP contribution in [0.25, 0.3) is 11.5 Å². The zero-order valence-corrected chi connectivity index (χ0v) is 26.1. The Morgan fingerprint density at radius 2 is 1.65 bits per heavy atom. The lowest BCUT2D eigenvalue weighted by Gasteiger charge is -2.18. The SMILES string of the molecule is Cc1oc(-c2ccccc2)nc1CCOc1ccc(CC(Nc2ccccc2C(=O)c2cccc(NS(C)(=O)=O)c2)C(=O)O)cc1. The van der Waals surface area contributed by atoms with E-state index in [-0.39, 0.29) is 29.0 Å². The van der Waals surface area contributed by atoms with Gasteiger partial charge < -0.3 is 19.6 Å². The monoisotopic (exact) mass is 639 g/mol. The Kier molecular flexibility index (Phi) is 9.82. The molecule has 0 fully saturated rings. The summed E-state index contributed by atoms with van der Waals surface area (Å²) >= 11 is 0. The van der Waals surface area contributed by atoms with Crippen molar-refractivity contribution in [3.63, 3.8) is 0 Å². The maximum atomic E-state index is 13.4. The van der Waals surface area contributed by atoms with Crippen molar-refractivity contribution in [2.24, 2.45) is 0 Å². The number of anilines is 2. The van der Waals surface area contributed by atoms with Gasteiger partial charge in [-0.15, -0.1) is 0 Å². The van der Waals surface area contributed by atoms with Crippen molar-refractivity contribution in [1.82, 2.24) is 4.98 Å². The molecule has 0 aliphatic heterocycles. The molecule has 0 aliphatic carbocycles. The third-order valence-electron chi connectivity index (χ3n) is 7.11. The molecule has 0 bridgehead atoms. The summed E-state index contributed by atoms with van der Waals surface area (Å²) in [5.41, 5.74) is 3.60. The van der Waals surface area contributed by atoms with Crippen LogP contribution in [-0.2, 0) is 27.7 Å². The number of ketones is 1. The molecule has 10 nitrogen and oxygen atoms in total. The lowest BCUT2D eigenvalue weighted by Crippen LogP contribution is -2.32. The summed E-state index contributed by atoms with van der Waals surface area (Å²) in [7, 11) is -3.53. The number of ether oxygens (including phenoxy) is 1. The number of aliphatic carboxylic acids is 1. The fourth-order valence-electron chi connectivity index (χ4n) is 4.88. The van der Waals surface area contributed by atoms with Gasteiger partial charge in [0.1, 0.15) is 17.6 Å². The Hall–Kier alpha value is -5.42. The molecule has 0 amide bonds. The van der Waals surface area contributed by atoms with E-state index >= 15 is 0 Å². The van der Waals surface area contributed by atoms with Gasteiger partial charge >= 0.3 is 5.97 Å². The van der Waals surface area contributed by atoms with Crippen LogP contribution in [0.15, 0.2) is 108 Å². The van der Waals surface area contributed by atoms with Crippen LogP contribution in [0, 0.1) is 6.92 Å². The van der Waals surface area contributed by atoms with Gasteiger partial charge in [0, 0.05) is 40.9 Å². The first kappa shape index (κ1) is 32.0. The van der Waals surface area contributed by atoms with Gasteiger partial charge in [0.2, 0.25) is 15.9 Å². The average Bonchev–Trinajstić information content (AvgIpc) is 3.41. The lowest BCUT2D eigenvalue weighted by atomic mass is 10.00. The fourth-order valence-corrected chi connectivity index (χ4v) is 5.43. The normalized spacial score (nSPS) is 11.9. The van der Waals surface area contributed by atoms with Crippen LogP contribution in [0.2, 0.25) is 0 Å². The summed E-state index contributed by atoms with van der Waals surface area (Å²) in [4.78, 5) is 30.3. The van der Waals surface area contributed by atoms with Gasteiger partial charge in [-0.2, -0.15) is 0 Å². The number of rotatable bonds is 14. The van der Waals surface area contributed by atoms with Crippen LogP contribution >= 0.6 is 0 Å². The molecule has 1 aromatic heterocycles. The second kappa shape index (κ2) is 14.1. The van der Waals surface area contributed by atoms with Gasteiger partial charge in [0.25, 0.3) is 0 Å². The minimum Gasteiger partial charge on any atom is -0.493 e. The number of hydrogen-bond donors (Lipinski definition) is 3. The number of carboxylic acids is 1. The van der Waals surface area contributed by atoms with E-state index in [1.165, 1.54) is 12.1 Å². The highest BCUT2D eigenvalue weighted by atomic mass is 32.2. The number of carbonyl (C=O) groups is 2. The van der Waals surface area contributed by atoms with E-state index in [1.54, 1.807) is 60.7 Å². The number of oxazole rings is 1. The Labute approximate surface area is 267 Å². The highest BCUT2D eigenvalue weighted by Gasteiger charge is 2.22. The van der Waals surface area contributed by atoms with E-state index in [0.29, 0.717) is 30.4 Å². The van der Waals surface area contributed by atoms with Crippen molar-refractivity contribution >= 4 is 33.2 Å². The van der Waals surface area contributed by atoms with E-state index in [4.69, 9.17) is 9.15 Å². The number of sulfonamides is 1. The maximum absolute atomic E-state index is 13.4. The van der Waals surface area contributed by atoms with Crippen LogP contribution in [0.1, 0.15) is 32.9 Å². The topological polar surface area (TPSA) is 148 Å². The number of para-hydroxylation sites is 1.